The summed E-state index contributed by atoms with van der Waals surface area (Å²) in [6, 6.07) is 5.71. The van der Waals surface area contributed by atoms with Crippen LogP contribution in [0.1, 0.15) is 19.5 Å². The predicted molar refractivity (Wildman–Crippen MR) is 51.9 cm³/mol. The Morgan fingerprint density at radius 3 is 2.85 bits per heavy atom. The lowest BCUT2D eigenvalue weighted by atomic mass is 10.1. The summed E-state index contributed by atoms with van der Waals surface area (Å²) >= 11 is 0. The van der Waals surface area contributed by atoms with Gasteiger partial charge in [0.25, 0.3) is 0 Å². The maximum atomic E-state index is 5.47. The van der Waals surface area contributed by atoms with Crippen molar-refractivity contribution in [2.24, 2.45) is 0 Å². The minimum Gasteiger partial charge on any atom is -0.357 e. The van der Waals surface area contributed by atoms with Gasteiger partial charge in [-0.2, -0.15) is 0 Å². The molecule has 0 atom stereocenters. The van der Waals surface area contributed by atoms with Crippen LogP contribution >= 0.6 is 0 Å². The van der Waals surface area contributed by atoms with E-state index in [4.69, 9.17) is 11.2 Å². The molecular weight excluding hydrogens is 162 g/mol. The highest BCUT2D eigenvalue weighted by molar-refractivity contribution is 5.05. The summed E-state index contributed by atoms with van der Waals surface area (Å²) in [5.74, 6) is 2.56. The van der Waals surface area contributed by atoms with Gasteiger partial charge in [-0.15, -0.1) is 6.42 Å². The lowest BCUT2D eigenvalue weighted by molar-refractivity contribution is 0.0128. The van der Waals surface area contributed by atoms with Crippen LogP contribution in [0.3, 0.4) is 0 Å². The number of hydrogen-bond acceptors (Lipinski definition) is 2. The van der Waals surface area contributed by atoms with Crippen molar-refractivity contribution in [3.63, 3.8) is 0 Å². The first-order chi connectivity index (χ1) is 6.14. The Morgan fingerprint density at radius 1 is 1.54 bits per heavy atom. The standard InChI is InChI=1S/C11H13NO/c1-4-11(2,3)13-9-10-7-5-6-8-12-10/h1,5-8H,9H2,2-3H3. The first kappa shape index (κ1) is 9.76. The van der Waals surface area contributed by atoms with E-state index in [-0.39, 0.29) is 0 Å². The Bertz CT molecular complexity index is 298. The van der Waals surface area contributed by atoms with E-state index in [9.17, 15) is 0 Å². The van der Waals surface area contributed by atoms with E-state index in [1.165, 1.54) is 0 Å². The van der Waals surface area contributed by atoms with Crippen molar-refractivity contribution in [2.75, 3.05) is 0 Å². The fourth-order valence-electron chi connectivity index (χ4n) is 0.780. The summed E-state index contributed by atoms with van der Waals surface area (Å²) in [7, 11) is 0. The van der Waals surface area contributed by atoms with Crippen LogP contribution in [0.15, 0.2) is 24.4 Å². The topological polar surface area (TPSA) is 22.1 Å². The van der Waals surface area contributed by atoms with E-state index in [0.717, 1.165) is 5.69 Å². The van der Waals surface area contributed by atoms with Crippen LogP contribution in [0.25, 0.3) is 0 Å². The van der Waals surface area contributed by atoms with E-state index in [0.29, 0.717) is 6.61 Å². The highest BCUT2D eigenvalue weighted by atomic mass is 16.5. The van der Waals surface area contributed by atoms with Crippen molar-refractivity contribution in [1.29, 1.82) is 0 Å². The van der Waals surface area contributed by atoms with E-state index >= 15 is 0 Å². The van der Waals surface area contributed by atoms with Gasteiger partial charge in [-0.1, -0.05) is 12.0 Å². The van der Waals surface area contributed by atoms with E-state index < -0.39 is 5.60 Å². The summed E-state index contributed by atoms with van der Waals surface area (Å²) in [4.78, 5) is 4.12. The molecule has 0 bridgehead atoms. The van der Waals surface area contributed by atoms with Crippen LogP contribution in [-0.2, 0) is 11.3 Å². The third-order valence-corrected chi connectivity index (χ3v) is 1.65. The monoisotopic (exact) mass is 175 g/mol. The molecule has 2 nitrogen and oxygen atoms in total. The summed E-state index contributed by atoms with van der Waals surface area (Å²) in [6.45, 7) is 4.17. The average Bonchev–Trinajstić information content (AvgIpc) is 2.17. The number of rotatable bonds is 3. The molecule has 0 aliphatic rings. The lowest BCUT2D eigenvalue weighted by Crippen LogP contribution is -2.21. The smallest absolute Gasteiger partial charge is 0.123 e. The minimum absolute atomic E-state index is 0.456. The van der Waals surface area contributed by atoms with Crippen LogP contribution in [0.5, 0.6) is 0 Å². The van der Waals surface area contributed by atoms with Crippen molar-refractivity contribution in [1.82, 2.24) is 4.98 Å². The van der Waals surface area contributed by atoms with Crippen molar-refractivity contribution in [3.8, 4) is 12.3 Å². The predicted octanol–water partition coefficient (Wildman–Crippen LogP) is 2.01. The van der Waals surface area contributed by atoms with E-state index in [2.05, 4.69) is 10.9 Å². The van der Waals surface area contributed by atoms with Crippen LogP contribution in [0, 0.1) is 12.3 Å². The SMILES string of the molecule is C#CC(C)(C)OCc1ccccn1. The molecule has 2 heteroatoms. The molecule has 68 valence electrons. The number of aromatic nitrogens is 1. The summed E-state index contributed by atoms with van der Waals surface area (Å²) < 4.78 is 5.47. The molecule has 1 aromatic rings. The molecule has 13 heavy (non-hydrogen) atoms. The van der Waals surface area contributed by atoms with Gasteiger partial charge in [0.05, 0.1) is 12.3 Å². The molecule has 0 aliphatic carbocycles. The molecule has 1 aromatic heterocycles. The zero-order valence-electron chi connectivity index (χ0n) is 7.95. The fraction of sp³-hybridized carbons (Fsp3) is 0.364. The highest BCUT2D eigenvalue weighted by Gasteiger charge is 2.13. The number of nitrogens with zero attached hydrogens (tertiary/aromatic N) is 1. The maximum absolute atomic E-state index is 5.47. The van der Waals surface area contributed by atoms with Gasteiger partial charge >= 0.3 is 0 Å². The Morgan fingerprint density at radius 2 is 2.31 bits per heavy atom. The van der Waals surface area contributed by atoms with Crippen molar-refractivity contribution in [3.05, 3.63) is 30.1 Å². The second kappa shape index (κ2) is 4.06. The largest absolute Gasteiger partial charge is 0.357 e. The van der Waals surface area contributed by atoms with Gasteiger partial charge in [-0.25, -0.2) is 0 Å². The van der Waals surface area contributed by atoms with Gasteiger partial charge in [-0.3, -0.25) is 4.98 Å². The van der Waals surface area contributed by atoms with Gasteiger partial charge in [0.15, 0.2) is 0 Å². The lowest BCUT2D eigenvalue weighted by Gasteiger charge is -2.17. The molecule has 0 radical (unpaired) electrons. The molecule has 0 aromatic carbocycles. The molecule has 0 N–H and O–H groups in total. The van der Waals surface area contributed by atoms with Gasteiger partial charge in [-0.05, 0) is 26.0 Å². The maximum Gasteiger partial charge on any atom is 0.123 e. The van der Waals surface area contributed by atoms with Gasteiger partial charge < -0.3 is 4.74 Å². The van der Waals surface area contributed by atoms with Crippen molar-refractivity contribution < 1.29 is 4.74 Å². The number of ether oxygens (including phenoxy) is 1. The summed E-state index contributed by atoms with van der Waals surface area (Å²) in [5, 5.41) is 0. The second-order valence-corrected chi connectivity index (χ2v) is 3.26. The van der Waals surface area contributed by atoms with Gasteiger partial charge in [0.1, 0.15) is 5.60 Å². The number of pyridine rings is 1. The van der Waals surface area contributed by atoms with Crippen LogP contribution in [0.4, 0.5) is 0 Å². The highest BCUT2D eigenvalue weighted by Crippen LogP contribution is 2.09. The fourth-order valence-corrected chi connectivity index (χ4v) is 0.780. The van der Waals surface area contributed by atoms with Crippen molar-refractivity contribution in [2.45, 2.75) is 26.1 Å². The molecule has 1 heterocycles. The summed E-state index contributed by atoms with van der Waals surface area (Å²) in [5.41, 5.74) is 0.378. The van der Waals surface area contributed by atoms with Crippen LogP contribution in [0.2, 0.25) is 0 Å². The zero-order chi connectivity index (χ0) is 9.73. The molecule has 0 aliphatic heterocycles. The Kier molecular flexibility index (Phi) is 3.05. The molecule has 0 saturated heterocycles. The van der Waals surface area contributed by atoms with E-state index in [1.54, 1.807) is 6.20 Å². The third-order valence-electron chi connectivity index (χ3n) is 1.65. The summed E-state index contributed by atoms with van der Waals surface area (Å²) in [6.07, 6.45) is 7.01. The second-order valence-electron chi connectivity index (χ2n) is 3.26. The van der Waals surface area contributed by atoms with Gasteiger partial charge in [0, 0.05) is 6.20 Å². The average molecular weight is 175 g/mol. The minimum atomic E-state index is -0.516. The first-order valence-electron chi connectivity index (χ1n) is 4.16. The Hall–Kier alpha value is -1.33. The van der Waals surface area contributed by atoms with Crippen molar-refractivity contribution >= 4 is 0 Å². The number of hydrogen-bond donors (Lipinski definition) is 0. The third kappa shape index (κ3) is 3.27. The molecule has 0 saturated carbocycles. The number of terminal acetylenes is 1. The quantitative estimate of drug-likeness (QED) is 0.655. The molecule has 0 unspecified atom stereocenters. The van der Waals surface area contributed by atoms with Crippen LogP contribution < -0.4 is 0 Å². The Balaban J connectivity index is 2.50. The molecular formula is C11H13NO. The first-order valence-corrected chi connectivity index (χ1v) is 4.16. The molecule has 1 rings (SSSR count). The zero-order valence-corrected chi connectivity index (χ0v) is 7.95. The van der Waals surface area contributed by atoms with E-state index in [1.807, 2.05) is 32.0 Å². The molecule has 0 spiro atoms. The molecule has 0 amide bonds. The Labute approximate surface area is 79.0 Å². The molecule has 0 fully saturated rings. The van der Waals surface area contributed by atoms with Crippen LogP contribution in [-0.4, -0.2) is 10.6 Å². The van der Waals surface area contributed by atoms with Gasteiger partial charge in [0.2, 0.25) is 0 Å². The normalized spacial score (nSPS) is 10.8.